The fourth-order valence-electron chi connectivity index (χ4n) is 2.07. The van der Waals surface area contributed by atoms with Gasteiger partial charge in [-0.05, 0) is 29.1 Å². The van der Waals surface area contributed by atoms with Crippen molar-refractivity contribution in [3.63, 3.8) is 0 Å². The molecule has 25 heavy (non-hydrogen) atoms. The minimum Gasteiger partial charge on any atom is -0.465 e. The largest absolute Gasteiger partial charge is 0.465 e. The predicted octanol–water partition coefficient (Wildman–Crippen LogP) is 3.31. The van der Waals surface area contributed by atoms with Crippen LogP contribution >= 0.6 is 23.1 Å². The molecule has 2 heterocycles. The summed E-state index contributed by atoms with van der Waals surface area (Å²) in [6.45, 7) is 0.151. The van der Waals surface area contributed by atoms with Crippen LogP contribution in [-0.4, -0.2) is 34.8 Å². The Labute approximate surface area is 152 Å². The van der Waals surface area contributed by atoms with Gasteiger partial charge in [-0.2, -0.15) is 0 Å². The maximum atomic E-state index is 11.9. The lowest BCUT2D eigenvalue weighted by Gasteiger charge is -2.06. The summed E-state index contributed by atoms with van der Waals surface area (Å²) in [4.78, 5) is 32.6. The highest BCUT2D eigenvalue weighted by Crippen LogP contribution is 2.27. The number of aromatic nitrogens is 2. The normalized spacial score (nSPS) is 10.6. The van der Waals surface area contributed by atoms with E-state index in [1.165, 1.54) is 36.5 Å². The van der Waals surface area contributed by atoms with Crippen LogP contribution < -0.4 is 0 Å². The topological polar surface area (TPSA) is 78.4 Å². The predicted molar refractivity (Wildman–Crippen MR) is 95.7 cm³/mol. The molecule has 0 bridgehead atoms. The van der Waals surface area contributed by atoms with Crippen molar-refractivity contribution in [3.8, 4) is 0 Å². The monoisotopic (exact) mass is 374 g/mol. The molecule has 0 aliphatic carbocycles. The Morgan fingerprint density at radius 3 is 2.72 bits per heavy atom. The third-order valence-corrected chi connectivity index (χ3v) is 5.13. The SMILES string of the molecule is COC(=O)c1ccc(COC(=O)CSc2ncnc3sccc23)cc1. The van der Waals surface area contributed by atoms with E-state index in [1.54, 1.807) is 24.3 Å². The van der Waals surface area contributed by atoms with Crippen molar-refractivity contribution in [2.24, 2.45) is 0 Å². The summed E-state index contributed by atoms with van der Waals surface area (Å²) in [5.41, 5.74) is 1.25. The van der Waals surface area contributed by atoms with Crippen molar-refractivity contribution < 1.29 is 19.1 Å². The lowest BCUT2D eigenvalue weighted by Crippen LogP contribution is -2.08. The number of ether oxygens (including phenoxy) is 2. The molecule has 128 valence electrons. The molecule has 0 spiro atoms. The number of benzene rings is 1. The molecule has 0 aliphatic rings. The highest BCUT2D eigenvalue weighted by atomic mass is 32.2. The molecule has 0 fully saturated rings. The maximum absolute atomic E-state index is 11.9. The van der Waals surface area contributed by atoms with Crippen molar-refractivity contribution in [1.82, 2.24) is 9.97 Å². The molecular formula is C17H14N2O4S2. The van der Waals surface area contributed by atoms with Crippen LogP contribution in [0.2, 0.25) is 0 Å². The van der Waals surface area contributed by atoms with Gasteiger partial charge in [0.1, 0.15) is 22.8 Å². The van der Waals surface area contributed by atoms with E-state index in [-0.39, 0.29) is 18.3 Å². The third-order valence-electron chi connectivity index (χ3n) is 3.33. The van der Waals surface area contributed by atoms with Crippen LogP contribution in [0.4, 0.5) is 0 Å². The number of rotatable bonds is 6. The first kappa shape index (κ1) is 17.4. The van der Waals surface area contributed by atoms with Crippen LogP contribution in [0.3, 0.4) is 0 Å². The van der Waals surface area contributed by atoms with Gasteiger partial charge in [-0.1, -0.05) is 23.9 Å². The Balaban J connectivity index is 1.51. The van der Waals surface area contributed by atoms with Crippen molar-refractivity contribution in [2.75, 3.05) is 12.9 Å². The van der Waals surface area contributed by atoms with Gasteiger partial charge in [0, 0.05) is 5.39 Å². The maximum Gasteiger partial charge on any atom is 0.337 e. The molecule has 0 N–H and O–H groups in total. The molecule has 1 aromatic carbocycles. The Morgan fingerprint density at radius 1 is 1.16 bits per heavy atom. The van der Waals surface area contributed by atoms with E-state index < -0.39 is 5.97 Å². The first-order chi connectivity index (χ1) is 12.2. The van der Waals surface area contributed by atoms with Gasteiger partial charge in [-0.3, -0.25) is 4.79 Å². The van der Waals surface area contributed by atoms with Crippen LogP contribution in [0.5, 0.6) is 0 Å². The Morgan fingerprint density at radius 2 is 1.96 bits per heavy atom. The number of carbonyl (C=O) groups excluding carboxylic acids is 2. The molecule has 0 amide bonds. The highest BCUT2D eigenvalue weighted by Gasteiger charge is 2.10. The molecule has 0 radical (unpaired) electrons. The molecule has 3 aromatic rings. The zero-order valence-electron chi connectivity index (χ0n) is 13.3. The van der Waals surface area contributed by atoms with Crippen LogP contribution in [0, 0.1) is 0 Å². The molecule has 0 saturated carbocycles. The summed E-state index contributed by atoms with van der Waals surface area (Å²) in [5, 5.41) is 3.66. The second-order valence-electron chi connectivity index (χ2n) is 4.96. The molecule has 0 unspecified atom stereocenters. The van der Waals surface area contributed by atoms with Crippen molar-refractivity contribution in [3.05, 3.63) is 53.2 Å². The van der Waals surface area contributed by atoms with E-state index in [0.29, 0.717) is 5.56 Å². The lowest BCUT2D eigenvalue weighted by molar-refractivity contribution is -0.141. The third kappa shape index (κ3) is 4.34. The van der Waals surface area contributed by atoms with E-state index >= 15 is 0 Å². The number of carbonyl (C=O) groups is 2. The number of esters is 2. The lowest BCUT2D eigenvalue weighted by atomic mass is 10.1. The number of fused-ring (bicyclic) bond motifs is 1. The molecule has 6 nitrogen and oxygen atoms in total. The quantitative estimate of drug-likeness (QED) is 0.372. The van der Waals surface area contributed by atoms with Gasteiger partial charge in [-0.25, -0.2) is 14.8 Å². The van der Waals surface area contributed by atoms with Crippen molar-refractivity contribution >= 4 is 45.3 Å². The van der Waals surface area contributed by atoms with E-state index in [4.69, 9.17) is 4.74 Å². The van der Waals surface area contributed by atoms with Crippen LogP contribution in [0.1, 0.15) is 15.9 Å². The van der Waals surface area contributed by atoms with Crippen LogP contribution in [0.15, 0.2) is 47.1 Å². The van der Waals surface area contributed by atoms with E-state index in [0.717, 1.165) is 20.8 Å². The number of thioether (sulfide) groups is 1. The molecule has 2 aromatic heterocycles. The summed E-state index contributed by atoms with van der Waals surface area (Å²) >= 11 is 2.86. The molecule has 0 aliphatic heterocycles. The van der Waals surface area contributed by atoms with Crippen molar-refractivity contribution in [1.29, 1.82) is 0 Å². The number of methoxy groups -OCH3 is 1. The zero-order chi connectivity index (χ0) is 17.6. The molecular weight excluding hydrogens is 360 g/mol. The minimum absolute atomic E-state index is 0.151. The van der Waals surface area contributed by atoms with Gasteiger partial charge in [0.2, 0.25) is 0 Å². The van der Waals surface area contributed by atoms with Crippen LogP contribution in [-0.2, 0) is 20.9 Å². The fraction of sp³-hybridized carbons (Fsp3) is 0.176. The number of hydrogen-bond acceptors (Lipinski definition) is 8. The van der Waals surface area contributed by atoms with Gasteiger partial charge >= 0.3 is 11.9 Å². The molecule has 0 atom stereocenters. The average molecular weight is 374 g/mol. The van der Waals surface area contributed by atoms with Gasteiger partial charge in [-0.15, -0.1) is 11.3 Å². The highest BCUT2D eigenvalue weighted by molar-refractivity contribution is 8.00. The first-order valence-electron chi connectivity index (χ1n) is 7.31. The summed E-state index contributed by atoms with van der Waals surface area (Å²) < 4.78 is 9.89. The summed E-state index contributed by atoms with van der Waals surface area (Å²) in [6, 6.07) is 8.67. The van der Waals surface area contributed by atoms with Gasteiger partial charge in [0.25, 0.3) is 0 Å². The smallest absolute Gasteiger partial charge is 0.337 e. The van der Waals surface area contributed by atoms with Gasteiger partial charge in [0.15, 0.2) is 0 Å². The number of hydrogen-bond donors (Lipinski definition) is 0. The van der Waals surface area contributed by atoms with E-state index in [2.05, 4.69) is 14.7 Å². The standard InChI is InChI=1S/C17H14N2O4S2/c1-22-17(21)12-4-2-11(3-5-12)8-23-14(20)9-25-16-13-6-7-24-15(13)18-10-19-16/h2-7,10H,8-9H2,1H3. The number of thiophene rings is 1. The summed E-state index contributed by atoms with van der Waals surface area (Å²) in [7, 11) is 1.33. The first-order valence-corrected chi connectivity index (χ1v) is 9.18. The fourth-order valence-corrected chi connectivity index (χ4v) is 3.65. The second-order valence-corrected chi connectivity index (χ2v) is 6.81. The Kier molecular flexibility index (Phi) is 5.62. The van der Waals surface area contributed by atoms with Crippen molar-refractivity contribution in [2.45, 2.75) is 11.6 Å². The van der Waals surface area contributed by atoms with E-state index in [9.17, 15) is 9.59 Å². The molecule has 8 heteroatoms. The van der Waals surface area contributed by atoms with Gasteiger partial charge < -0.3 is 9.47 Å². The summed E-state index contributed by atoms with van der Waals surface area (Å²) in [5.74, 6) is -0.559. The molecule has 3 rings (SSSR count). The Hall–Kier alpha value is -2.45. The van der Waals surface area contributed by atoms with E-state index in [1.807, 2.05) is 11.4 Å². The summed E-state index contributed by atoms with van der Waals surface area (Å²) in [6.07, 6.45) is 1.50. The van der Waals surface area contributed by atoms with Crippen LogP contribution in [0.25, 0.3) is 10.2 Å². The zero-order valence-corrected chi connectivity index (χ0v) is 14.9. The molecule has 0 saturated heterocycles. The second kappa shape index (κ2) is 8.09. The number of nitrogens with zero attached hydrogens (tertiary/aromatic N) is 2. The van der Waals surface area contributed by atoms with Gasteiger partial charge in [0.05, 0.1) is 18.4 Å². The minimum atomic E-state index is -0.399. The average Bonchev–Trinajstić information content (AvgIpc) is 3.13. The Bertz CT molecular complexity index is 893.